The second-order valence-electron chi connectivity index (χ2n) is 5.27. The molecular formula is C17H17NO3. The zero-order chi connectivity index (χ0) is 14.8. The molecule has 4 heteroatoms. The Kier molecular flexibility index (Phi) is 3.52. The molecule has 0 radical (unpaired) electrons. The summed E-state index contributed by atoms with van der Waals surface area (Å²) >= 11 is 0. The average molecular weight is 283 g/mol. The molecule has 3 N–H and O–H groups in total. The second-order valence-corrected chi connectivity index (χ2v) is 5.27. The van der Waals surface area contributed by atoms with E-state index in [-0.39, 0.29) is 11.3 Å². The SMILES string of the molecule is Nc1cccc(C(=O)O)c1OCc1ccc2c(c1)CCC2. The fourth-order valence-electron chi connectivity index (χ4n) is 2.75. The number of hydrogen-bond donors (Lipinski definition) is 2. The molecule has 0 amide bonds. The van der Waals surface area contributed by atoms with Crippen molar-refractivity contribution in [3.05, 3.63) is 58.7 Å². The van der Waals surface area contributed by atoms with Crippen molar-refractivity contribution < 1.29 is 14.6 Å². The number of carboxylic acid groups (broad SMARTS) is 1. The van der Waals surface area contributed by atoms with Gasteiger partial charge in [-0.15, -0.1) is 0 Å². The molecule has 0 unspecified atom stereocenters. The van der Waals surface area contributed by atoms with Crippen LogP contribution >= 0.6 is 0 Å². The minimum absolute atomic E-state index is 0.0937. The number of para-hydroxylation sites is 1. The number of ether oxygens (including phenoxy) is 1. The van der Waals surface area contributed by atoms with Gasteiger partial charge in [-0.1, -0.05) is 24.3 Å². The van der Waals surface area contributed by atoms with E-state index < -0.39 is 5.97 Å². The van der Waals surface area contributed by atoms with Gasteiger partial charge in [-0.2, -0.15) is 0 Å². The molecule has 1 aliphatic rings. The predicted octanol–water partition coefficient (Wildman–Crippen LogP) is 3.03. The van der Waals surface area contributed by atoms with Gasteiger partial charge >= 0.3 is 5.97 Å². The van der Waals surface area contributed by atoms with Gasteiger partial charge in [-0.25, -0.2) is 4.79 Å². The van der Waals surface area contributed by atoms with Crippen LogP contribution in [0.4, 0.5) is 5.69 Å². The smallest absolute Gasteiger partial charge is 0.339 e. The van der Waals surface area contributed by atoms with Crippen LogP contribution in [-0.2, 0) is 19.4 Å². The number of aryl methyl sites for hydroxylation is 2. The highest BCUT2D eigenvalue weighted by molar-refractivity contribution is 5.93. The normalized spacial score (nSPS) is 13.0. The molecule has 0 fully saturated rings. The van der Waals surface area contributed by atoms with Gasteiger partial charge in [0.05, 0.1) is 5.69 Å². The van der Waals surface area contributed by atoms with Gasteiger partial charge in [0, 0.05) is 0 Å². The van der Waals surface area contributed by atoms with Crippen molar-refractivity contribution >= 4 is 11.7 Å². The van der Waals surface area contributed by atoms with Crippen molar-refractivity contribution in [3.63, 3.8) is 0 Å². The van der Waals surface area contributed by atoms with E-state index in [4.69, 9.17) is 10.5 Å². The first-order valence-electron chi connectivity index (χ1n) is 7.00. The topological polar surface area (TPSA) is 72.6 Å². The van der Waals surface area contributed by atoms with Crippen LogP contribution in [-0.4, -0.2) is 11.1 Å². The van der Waals surface area contributed by atoms with Gasteiger partial charge in [0.2, 0.25) is 0 Å². The predicted molar refractivity (Wildman–Crippen MR) is 80.6 cm³/mol. The third kappa shape index (κ3) is 2.70. The lowest BCUT2D eigenvalue weighted by Gasteiger charge is -2.12. The van der Waals surface area contributed by atoms with Crippen molar-refractivity contribution in [2.75, 3.05) is 5.73 Å². The van der Waals surface area contributed by atoms with Crippen LogP contribution in [0.1, 0.15) is 33.5 Å². The third-order valence-corrected chi connectivity index (χ3v) is 3.82. The highest BCUT2D eigenvalue weighted by Crippen LogP contribution is 2.28. The van der Waals surface area contributed by atoms with Crippen LogP contribution in [0.2, 0.25) is 0 Å². The molecule has 21 heavy (non-hydrogen) atoms. The molecule has 1 aliphatic carbocycles. The van der Waals surface area contributed by atoms with Crippen LogP contribution in [0.25, 0.3) is 0 Å². The lowest BCUT2D eigenvalue weighted by atomic mass is 10.1. The first-order valence-corrected chi connectivity index (χ1v) is 7.00. The Labute approximate surface area is 123 Å². The largest absolute Gasteiger partial charge is 0.486 e. The zero-order valence-electron chi connectivity index (χ0n) is 11.6. The van der Waals surface area contributed by atoms with E-state index in [1.807, 2.05) is 6.07 Å². The van der Waals surface area contributed by atoms with E-state index in [9.17, 15) is 9.90 Å². The summed E-state index contributed by atoms with van der Waals surface area (Å²) in [5.41, 5.74) is 10.1. The van der Waals surface area contributed by atoms with Gasteiger partial charge < -0.3 is 15.6 Å². The Morgan fingerprint density at radius 3 is 2.81 bits per heavy atom. The summed E-state index contributed by atoms with van der Waals surface area (Å²) in [6.07, 6.45) is 3.46. The maximum absolute atomic E-state index is 11.2. The van der Waals surface area contributed by atoms with Crippen LogP contribution in [0.3, 0.4) is 0 Å². The number of benzene rings is 2. The minimum atomic E-state index is -1.04. The third-order valence-electron chi connectivity index (χ3n) is 3.82. The number of anilines is 1. The fraction of sp³-hybridized carbons (Fsp3) is 0.235. The fourth-order valence-corrected chi connectivity index (χ4v) is 2.75. The van der Waals surface area contributed by atoms with Gasteiger partial charge in [0.1, 0.15) is 12.2 Å². The van der Waals surface area contributed by atoms with E-state index in [0.717, 1.165) is 18.4 Å². The summed E-state index contributed by atoms with van der Waals surface area (Å²) in [6, 6.07) is 11.1. The van der Waals surface area contributed by atoms with Crippen molar-refractivity contribution in [1.82, 2.24) is 0 Å². The molecule has 0 saturated heterocycles. The summed E-state index contributed by atoms with van der Waals surface area (Å²) in [5.74, 6) is -0.795. The van der Waals surface area contributed by atoms with Gasteiger partial charge in [-0.05, 0) is 48.1 Å². The highest BCUT2D eigenvalue weighted by Gasteiger charge is 2.15. The standard InChI is InChI=1S/C17H17NO3/c18-15-6-2-5-14(17(19)20)16(15)21-10-11-7-8-12-3-1-4-13(12)9-11/h2,5-9H,1,3-4,10,18H2,(H,19,20). The maximum Gasteiger partial charge on any atom is 0.339 e. The van der Waals surface area contributed by atoms with E-state index in [1.54, 1.807) is 12.1 Å². The molecule has 0 atom stereocenters. The van der Waals surface area contributed by atoms with Crippen molar-refractivity contribution in [1.29, 1.82) is 0 Å². The monoisotopic (exact) mass is 283 g/mol. The summed E-state index contributed by atoms with van der Waals surface area (Å²) in [4.78, 5) is 11.2. The molecule has 4 nitrogen and oxygen atoms in total. The number of rotatable bonds is 4. The molecule has 3 rings (SSSR count). The Bertz CT molecular complexity index is 694. The number of carboxylic acids is 1. The highest BCUT2D eigenvalue weighted by atomic mass is 16.5. The van der Waals surface area contributed by atoms with Gasteiger partial charge in [0.15, 0.2) is 5.75 Å². The molecule has 108 valence electrons. The van der Waals surface area contributed by atoms with Crippen LogP contribution in [0.5, 0.6) is 5.75 Å². The van der Waals surface area contributed by atoms with E-state index in [1.165, 1.54) is 23.6 Å². The molecule has 0 saturated carbocycles. The lowest BCUT2D eigenvalue weighted by Crippen LogP contribution is -2.06. The molecular weight excluding hydrogens is 266 g/mol. The van der Waals surface area contributed by atoms with E-state index in [0.29, 0.717) is 12.3 Å². The molecule has 0 heterocycles. The quantitative estimate of drug-likeness (QED) is 0.846. The van der Waals surface area contributed by atoms with Crippen LogP contribution in [0, 0.1) is 0 Å². The Morgan fingerprint density at radius 2 is 2.00 bits per heavy atom. The number of nitrogens with two attached hydrogens (primary N) is 1. The first kappa shape index (κ1) is 13.5. The summed E-state index contributed by atoms with van der Waals surface area (Å²) in [5, 5.41) is 9.18. The number of hydrogen-bond acceptors (Lipinski definition) is 3. The van der Waals surface area contributed by atoms with Crippen molar-refractivity contribution in [2.24, 2.45) is 0 Å². The molecule has 2 aromatic carbocycles. The number of carbonyl (C=O) groups is 1. The van der Waals surface area contributed by atoms with Gasteiger partial charge in [-0.3, -0.25) is 0 Å². The molecule has 0 bridgehead atoms. The Balaban J connectivity index is 1.80. The van der Waals surface area contributed by atoms with E-state index in [2.05, 4.69) is 12.1 Å². The number of fused-ring (bicyclic) bond motifs is 1. The average Bonchev–Trinajstić information content (AvgIpc) is 2.93. The summed E-state index contributed by atoms with van der Waals surface area (Å²) < 4.78 is 5.67. The molecule has 0 aromatic heterocycles. The molecule has 0 aliphatic heterocycles. The zero-order valence-corrected chi connectivity index (χ0v) is 11.6. The maximum atomic E-state index is 11.2. The summed E-state index contributed by atoms with van der Waals surface area (Å²) in [7, 11) is 0. The Hall–Kier alpha value is -2.49. The Morgan fingerprint density at radius 1 is 1.19 bits per heavy atom. The van der Waals surface area contributed by atoms with E-state index >= 15 is 0 Å². The first-order chi connectivity index (χ1) is 10.1. The minimum Gasteiger partial charge on any atom is -0.486 e. The number of aromatic carboxylic acids is 1. The van der Waals surface area contributed by atoms with Gasteiger partial charge in [0.25, 0.3) is 0 Å². The lowest BCUT2D eigenvalue weighted by molar-refractivity contribution is 0.0692. The van der Waals surface area contributed by atoms with Crippen LogP contribution in [0.15, 0.2) is 36.4 Å². The molecule has 0 spiro atoms. The second kappa shape index (κ2) is 5.48. The van der Waals surface area contributed by atoms with Crippen LogP contribution < -0.4 is 10.5 Å². The molecule has 2 aromatic rings. The van der Waals surface area contributed by atoms with Crippen molar-refractivity contribution in [2.45, 2.75) is 25.9 Å². The summed E-state index contributed by atoms with van der Waals surface area (Å²) in [6.45, 7) is 0.321. The van der Waals surface area contributed by atoms with Crippen molar-refractivity contribution in [3.8, 4) is 5.75 Å². The number of nitrogen functional groups attached to an aromatic ring is 1.